The van der Waals surface area contributed by atoms with Gasteiger partial charge in [-0.3, -0.25) is 9.69 Å². The van der Waals surface area contributed by atoms with Gasteiger partial charge in [0, 0.05) is 23.0 Å². The Balaban J connectivity index is 1.88. The molecular weight excluding hydrogens is 359 g/mol. The predicted octanol–water partition coefficient (Wildman–Crippen LogP) is 4.61. The molecule has 4 rings (SSSR count). The zero-order valence-corrected chi connectivity index (χ0v) is 15.5. The molecule has 1 amide bonds. The Kier molecular flexibility index (Phi) is 4.61. The fourth-order valence-corrected chi connectivity index (χ4v) is 3.38. The average Bonchev–Trinajstić information content (AvgIpc) is 2.74. The Morgan fingerprint density at radius 2 is 1.71 bits per heavy atom. The largest absolute Gasteiger partial charge is 0.497 e. The molecule has 1 N–H and O–H groups in total. The zero-order valence-electron chi connectivity index (χ0n) is 15.5. The van der Waals surface area contributed by atoms with Gasteiger partial charge in [0.15, 0.2) is 0 Å². The van der Waals surface area contributed by atoms with Crippen LogP contribution in [0.2, 0.25) is 0 Å². The molecule has 1 unspecified atom stereocenters. The number of hydrogen-bond donors (Lipinski definition) is 1. The van der Waals surface area contributed by atoms with Crippen LogP contribution in [0.4, 0.5) is 15.8 Å². The van der Waals surface area contributed by atoms with E-state index < -0.39 is 6.17 Å². The summed E-state index contributed by atoms with van der Waals surface area (Å²) in [5, 5.41) is 3.41. The molecule has 1 heterocycles. The molecule has 1 atom stereocenters. The maximum absolute atomic E-state index is 13.5. The van der Waals surface area contributed by atoms with Crippen LogP contribution in [0.25, 0.3) is 0 Å². The molecule has 1 aliphatic rings. The number of benzene rings is 3. The highest BCUT2D eigenvalue weighted by Crippen LogP contribution is 2.40. The number of rotatable bonds is 4. The predicted molar refractivity (Wildman–Crippen MR) is 106 cm³/mol. The SMILES string of the molecule is COc1ccc(C2Nc3ccccc3C(=O)N2c2ccc(F)cc2)c(OC)c1. The van der Waals surface area contributed by atoms with Crippen molar-refractivity contribution in [2.75, 3.05) is 24.4 Å². The lowest BCUT2D eigenvalue weighted by Gasteiger charge is -2.38. The van der Waals surface area contributed by atoms with E-state index in [-0.39, 0.29) is 11.7 Å². The second-order valence-electron chi connectivity index (χ2n) is 6.35. The number of nitrogens with zero attached hydrogens (tertiary/aromatic N) is 1. The van der Waals surface area contributed by atoms with E-state index in [4.69, 9.17) is 9.47 Å². The summed E-state index contributed by atoms with van der Waals surface area (Å²) in [7, 11) is 3.15. The van der Waals surface area contributed by atoms with E-state index in [0.29, 0.717) is 22.7 Å². The van der Waals surface area contributed by atoms with Crippen LogP contribution >= 0.6 is 0 Å². The van der Waals surface area contributed by atoms with E-state index in [1.54, 1.807) is 43.4 Å². The van der Waals surface area contributed by atoms with E-state index >= 15 is 0 Å². The molecule has 3 aromatic carbocycles. The lowest BCUT2D eigenvalue weighted by atomic mass is 10.0. The van der Waals surface area contributed by atoms with Crippen molar-refractivity contribution in [1.29, 1.82) is 0 Å². The first-order valence-electron chi connectivity index (χ1n) is 8.79. The molecule has 142 valence electrons. The maximum Gasteiger partial charge on any atom is 0.262 e. The summed E-state index contributed by atoms with van der Waals surface area (Å²) in [6.45, 7) is 0. The van der Waals surface area contributed by atoms with Gasteiger partial charge in [-0.1, -0.05) is 12.1 Å². The van der Waals surface area contributed by atoms with Gasteiger partial charge in [0.05, 0.1) is 19.8 Å². The minimum absolute atomic E-state index is 0.177. The van der Waals surface area contributed by atoms with Crippen LogP contribution in [0.5, 0.6) is 11.5 Å². The summed E-state index contributed by atoms with van der Waals surface area (Å²) in [6, 6.07) is 18.6. The van der Waals surface area contributed by atoms with Gasteiger partial charge in [-0.15, -0.1) is 0 Å². The van der Waals surface area contributed by atoms with E-state index in [1.807, 2.05) is 30.3 Å². The van der Waals surface area contributed by atoms with Crippen molar-refractivity contribution in [3.8, 4) is 11.5 Å². The molecule has 0 spiro atoms. The van der Waals surface area contributed by atoms with Crippen molar-refractivity contribution in [1.82, 2.24) is 0 Å². The minimum Gasteiger partial charge on any atom is -0.497 e. The van der Waals surface area contributed by atoms with E-state index in [2.05, 4.69) is 5.32 Å². The normalized spacial score (nSPS) is 15.6. The summed E-state index contributed by atoms with van der Waals surface area (Å²) in [5.41, 5.74) is 2.62. The van der Waals surface area contributed by atoms with Crippen molar-refractivity contribution in [2.24, 2.45) is 0 Å². The van der Waals surface area contributed by atoms with Crippen LogP contribution in [0.3, 0.4) is 0 Å². The lowest BCUT2D eigenvalue weighted by Crippen LogP contribution is -2.43. The Morgan fingerprint density at radius 1 is 0.964 bits per heavy atom. The van der Waals surface area contributed by atoms with Crippen LogP contribution in [-0.4, -0.2) is 20.1 Å². The van der Waals surface area contributed by atoms with Crippen LogP contribution < -0.4 is 19.7 Å². The highest BCUT2D eigenvalue weighted by Gasteiger charge is 2.35. The second-order valence-corrected chi connectivity index (χ2v) is 6.35. The molecule has 0 aromatic heterocycles. The van der Waals surface area contributed by atoms with Crippen molar-refractivity contribution in [3.63, 3.8) is 0 Å². The first-order chi connectivity index (χ1) is 13.6. The van der Waals surface area contributed by atoms with Gasteiger partial charge in [-0.2, -0.15) is 0 Å². The lowest BCUT2D eigenvalue weighted by molar-refractivity contribution is 0.0974. The minimum atomic E-state index is -0.534. The van der Waals surface area contributed by atoms with Crippen molar-refractivity contribution < 1.29 is 18.7 Å². The number of nitrogens with one attached hydrogen (secondary N) is 1. The summed E-state index contributed by atoms with van der Waals surface area (Å²) in [6.07, 6.45) is -0.534. The first-order valence-corrected chi connectivity index (χ1v) is 8.79. The third-order valence-electron chi connectivity index (χ3n) is 4.77. The van der Waals surface area contributed by atoms with Gasteiger partial charge < -0.3 is 14.8 Å². The number of para-hydroxylation sites is 1. The molecule has 6 heteroatoms. The van der Waals surface area contributed by atoms with Crippen LogP contribution in [0.15, 0.2) is 66.7 Å². The van der Waals surface area contributed by atoms with Gasteiger partial charge in [0.1, 0.15) is 23.5 Å². The highest BCUT2D eigenvalue weighted by molar-refractivity contribution is 6.12. The smallest absolute Gasteiger partial charge is 0.262 e. The van der Waals surface area contributed by atoms with Crippen LogP contribution in [0.1, 0.15) is 22.1 Å². The molecule has 0 aliphatic carbocycles. The van der Waals surface area contributed by atoms with Gasteiger partial charge in [0.2, 0.25) is 0 Å². The van der Waals surface area contributed by atoms with Crippen LogP contribution in [0, 0.1) is 5.82 Å². The summed E-state index contributed by atoms with van der Waals surface area (Å²) < 4.78 is 24.3. The molecule has 0 fully saturated rings. The second kappa shape index (κ2) is 7.23. The number of hydrogen-bond acceptors (Lipinski definition) is 4. The monoisotopic (exact) mass is 378 g/mol. The number of methoxy groups -OCH3 is 2. The number of carbonyl (C=O) groups is 1. The van der Waals surface area contributed by atoms with Gasteiger partial charge in [0.25, 0.3) is 5.91 Å². The number of anilines is 2. The highest BCUT2D eigenvalue weighted by atomic mass is 19.1. The number of halogens is 1. The average molecular weight is 378 g/mol. The topological polar surface area (TPSA) is 50.8 Å². The molecule has 3 aromatic rings. The fourth-order valence-electron chi connectivity index (χ4n) is 3.38. The zero-order chi connectivity index (χ0) is 19.7. The van der Waals surface area contributed by atoms with E-state index in [0.717, 1.165) is 11.3 Å². The number of ether oxygens (including phenoxy) is 2. The summed E-state index contributed by atoms with van der Waals surface area (Å²) in [5.74, 6) is 0.691. The van der Waals surface area contributed by atoms with Gasteiger partial charge in [-0.05, 0) is 48.5 Å². The third-order valence-corrected chi connectivity index (χ3v) is 4.77. The molecule has 0 bridgehead atoms. The molecule has 28 heavy (non-hydrogen) atoms. The quantitative estimate of drug-likeness (QED) is 0.720. The number of fused-ring (bicyclic) bond motifs is 1. The number of amides is 1. The van der Waals surface area contributed by atoms with Crippen LogP contribution in [-0.2, 0) is 0 Å². The molecular formula is C22H19FN2O3. The molecule has 0 radical (unpaired) electrons. The Morgan fingerprint density at radius 3 is 2.43 bits per heavy atom. The van der Waals surface area contributed by atoms with Gasteiger partial charge in [-0.25, -0.2) is 4.39 Å². The van der Waals surface area contributed by atoms with E-state index in [9.17, 15) is 9.18 Å². The van der Waals surface area contributed by atoms with E-state index in [1.165, 1.54) is 12.1 Å². The Labute approximate surface area is 162 Å². The summed E-state index contributed by atoms with van der Waals surface area (Å²) in [4.78, 5) is 14.9. The first kappa shape index (κ1) is 17.9. The van der Waals surface area contributed by atoms with Crippen molar-refractivity contribution in [3.05, 3.63) is 83.7 Å². The molecule has 0 saturated carbocycles. The molecule has 1 aliphatic heterocycles. The van der Waals surface area contributed by atoms with Crippen molar-refractivity contribution >= 4 is 17.3 Å². The summed E-state index contributed by atoms with van der Waals surface area (Å²) >= 11 is 0. The van der Waals surface area contributed by atoms with Gasteiger partial charge >= 0.3 is 0 Å². The maximum atomic E-state index is 13.5. The molecule has 5 nitrogen and oxygen atoms in total. The van der Waals surface area contributed by atoms with Crippen molar-refractivity contribution in [2.45, 2.75) is 6.17 Å². The third kappa shape index (κ3) is 3.03. The Bertz CT molecular complexity index is 1020. The molecule has 0 saturated heterocycles. The fraction of sp³-hybridized carbons (Fsp3) is 0.136. The Hall–Kier alpha value is -3.54. The number of carbonyl (C=O) groups excluding carboxylic acids is 1. The standard InChI is InChI=1S/C22H19FN2O3/c1-27-16-11-12-18(20(13-16)28-2)21-24-19-6-4-3-5-17(19)22(26)25(21)15-9-7-14(23)8-10-15/h3-13,21,24H,1-2H3.